The molecule has 6 rings (SSSR count). The Hall–Kier alpha value is -4.98. The number of anilines is 2. The summed E-state index contributed by atoms with van der Waals surface area (Å²) < 4.78 is 6.14. The molecule has 254 valence electrons. The maximum atomic E-state index is 14.5. The zero-order valence-electron chi connectivity index (χ0n) is 29.0. The van der Waals surface area contributed by atoms with Crippen LogP contribution in [0.2, 0.25) is 0 Å². The number of H-pyrrole nitrogens is 1. The molecule has 3 aromatic heterocycles. The fraction of sp³-hybridized carbons (Fsp3) is 0.366. The molecule has 2 aromatic carbocycles. The zero-order chi connectivity index (χ0) is 34.3. The van der Waals surface area contributed by atoms with Gasteiger partial charge in [-0.05, 0) is 107 Å². The number of carbonyl (C=O) groups is 1. The van der Waals surface area contributed by atoms with Gasteiger partial charge in [0.25, 0.3) is 5.56 Å². The van der Waals surface area contributed by atoms with E-state index in [-0.39, 0.29) is 23.4 Å². The Bertz CT molecular complexity index is 1920. The van der Waals surface area contributed by atoms with Crippen molar-refractivity contribution in [3.05, 3.63) is 112 Å². The molecule has 1 aliphatic rings. The number of carbonyl (C=O) groups excluding carboxylic acids is 1. The number of hydrogen-bond acceptors (Lipinski definition) is 5. The summed E-state index contributed by atoms with van der Waals surface area (Å²) in [7, 11) is 0. The molecular formula is C41H47N5O3. The number of rotatable bonds is 11. The van der Waals surface area contributed by atoms with Crippen molar-refractivity contribution in [1.29, 1.82) is 0 Å². The molecule has 0 saturated heterocycles. The van der Waals surface area contributed by atoms with Crippen LogP contribution in [0.25, 0.3) is 22.2 Å². The van der Waals surface area contributed by atoms with Crippen molar-refractivity contribution in [2.24, 2.45) is 5.92 Å². The van der Waals surface area contributed by atoms with Gasteiger partial charge in [-0.25, -0.2) is 9.78 Å². The number of amides is 2. The standard InChI is InChI=1S/C41H47N5O3/c1-27(2)35-23-32(30-14-10-17-34(22-30)49-21-18-33-16-8-9-19-42-33)24-36(28(3)4)38(35)44-41(48)46(26-29-12-6-5-7-13-29)37-25-31-15-11-20-43-39(31)45-40(37)47/h8-11,14-17,19-20,22-25,27-29H,5-7,12-13,18,21,26H2,1-4H3,(H,44,48)(H,43,45,47). The molecule has 2 N–H and O–H groups in total. The van der Waals surface area contributed by atoms with Gasteiger partial charge in [-0.2, -0.15) is 0 Å². The molecule has 5 aromatic rings. The summed E-state index contributed by atoms with van der Waals surface area (Å²) in [6.45, 7) is 9.62. The Labute approximate surface area is 289 Å². The third-order valence-corrected chi connectivity index (χ3v) is 9.49. The van der Waals surface area contributed by atoms with Crippen LogP contribution in [0.1, 0.15) is 88.5 Å². The molecule has 0 unspecified atom stereocenters. The van der Waals surface area contributed by atoms with Crippen molar-refractivity contribution in [3.8, 4) is 16.9 Å². The third kappa shape index (κ3) is 8.19. The van der Waals surface area contributed by atoms with Gasteiger partial charge in [-0.3, -0.25) is 14.7 Å². The normalized spacial score (nSPS) is 13.6. The molecule has 2 amide bonds. The van der Waals surface area contributed by atoms with Crippen molar-refractivity contribution in [2.75, 3.05) is 23.4 Å². The molecule has 0 spiro atoms. The largest absolute Gasteiger partial charge is 0.493 e. The number of nitrogens with one attached hydrogen (secondary N) is 2. The Balaban J connectivity index is 1.32. The van der Waals surface area contributed by atoms with Gasteiger partial charge in [-0.15, -0.1) is 0 Å². The van der Waals surface area contributed by atoms with Crippen LogP contribution < -0.4 is 20.5 Å². The number of fused-ring (bicyclic) bond motifs is 1. The number of benzene rings is 2. The average Bonchev–Trinajstić information content (AvgIpc) is 3.11. The Kier molecular flexibility index (Phi) is 10.7. The summed E-state index contributed by atoms with van der Waals surface area (Å²) in [5.74, 6) is 1.40. The molecule has 0 radical (unpaired) electrons. The average molecular weight is 658 g/mol. The number of ether oxygens (including phenoxy) is 1. The Morgan fingerprint density at radius 1 is 0.878 bits per heavy atom. The Morgan fingerprint density at radius 3 is 2.35 bits per heavy atom. The van der Waals surface area contributed by atoms with Crippen LogP contribution in [0.15, 0.2) is 90.0 Å². The summed E-state index contributed by atoms with van der Waals surface area (Å²) in [5.41, 5.74) is 6.56. The number of aromatic amines is 1. The predicted octanol–water partition coefficient (Wildman–Crippen LogP) is 9.47. The second kappa shape index (κ2) is 15.5. The second-order valence-corrected chi connectivity index (χ2v) is 13.8. The highest BCUT2D eigenvalue weighted by Crippen LogP contribution is 2.38. The maximum absolute atomic E-state index is 14.5. The lowest BCUT2D eigenvalue weighted by Crippen LogP contribution is -2.42. The van der Waals surface area contributed by atoms with E-state index in [2.05, 4.69) is 72.2 Å². The molecule has 49 heavy (non-hydrogen) atoms. The van der Waals surface area contributed by atoms with Gasteiger partial charge < -0.3 is 15.0 Å². The van der Waals surface area contributed by atoms with Gasteiger partial charge in [0.2, 0.25) is 0 Å². The summed E-state index contributed by atoms with van der Waals surface area (Å²) in [5, 5.41) is 4.12. The van der Waals surface area contributed by atoms with Gasteiger partial charge in [0, 0.05) is 42.1 Å². The minimum Gasteiger partial charge on any atom is -0.493 e. The van der Waals surface area contributed by atoms with Crippen LogP contribution in [0, 0.1) is 5.92 Å². The van der Waals surface area contributed by atoms with Crippen LogP contribution in [-0.4, -0.2) is 34.1 Å². The fourth-order valence-corrected chi connectivity index (χ4v) is 6.81. The maximum Gasteiger partial charge on any atom is 0.326 e. The highest BCUT2D eigenvalue weighted by Gasteiger charge is 2.27. The lowest BCUT2D eigenvalue weighted by Gasteiger charge is -2.31. The smallest absolute Gasteiger partial charge is 0.326 e. The lowest BCUT2D eigenvalue weighted by molar-refractivity contribution is 0.254. The number of nitrogens with zero attached hydrogens (tertiary/aromatic N) is 3. The fourth-order valence-electron chi connectivity index (χ4n) is 6.81. The van der Waals surface area contributed by atoms with Crippen LogP contribution >= 0.6 is 0 Å². The molecule has 1 fully saturated rings. The van der Waals surface area contributed by atoms with Crippen molar-refractivity contribution in [3.63, 3.8) is 0 Å². The molecular weight excluding hydrogens is 610 g/mol. The highest BCUT2D eigenvalue weighted by atomic mass is 16.5. The topological polar surface area (TPSA) is 100 Å². The van der Waals surface area contributed by atoms with E-state index in [0.29, 0.717) is 30.4 Å². The molecule has 0 atom stereocenters. The van der Waals surface area contributed by atoms with E-state index in [1.165, 1.54) is 6.42 Å². The SMILES string of the molecule is CC(C)c1cc(-c2cccc(OCCc3ccccn3)c2)cc(C(C)C)c1NC(=O)N(CC1CCCCC1)c1cc2cccnc2[nH]c1=O. The molecule has 8 heteroatoms. The van der Waals surface area contributed by atoms with E-state index in [9.17, 15) is 9.59 Å². The van der Waals surface area contributed by atoms with Crippen LogP contribution in [0.5, 0.6) is 5.75 Å². The first-order chi connectivity index (χ1) is 23.8. The molecule has 1 saturated carbocycles. The minimum absolute atomic E-state index is 0.132. The Morgan fingerprint density at radius 2 is 1.63 bits per heavy atom. The summed E-state index contributed by atoms with van der Waals surface area (Å²) in [6, 6.07) is 23.7. The van der Waals surface area contributed by atoms with Crippen LogP contribution in [0.3, 0.4) is 0 Å². The highest BCUT2D eigenvalue weighted by molar-refractivity contribution is 6.03. The molecule has 3 heterocycles. The lowest BCUT2D eigenvalue weighted by atomic mass is 9.88. The number of hydrogen-bond donors (Lipinski definition) is 2. The van der Waals surface area contributed by atoms with Crippen molar-refractivity contribution < 1.29 is 9.53 Å². The van der Waals surface area contributed by atoms with Crippen molar-refractivity contribution in [1.82, 2.24) is 15.0 Å². The van der Waals surface area contributed by atoms with Gasteiger partial charge in [0.05, 0.1) is 6.61 Å². The van der Waals surface area contributed by atoms with Crippen molar-refractivity contribution in [2.45, 2.75) is 78.1 Å². The van der Waals surface area contributed by atoms with Gasteiger partial charge in [0.15, 0.2) is 0 Å². The molecule has 8 nitrogen and oxygen atoms in total. The van der Waals surface area contributed by atoms with Gasteiger partial charge in [-0.1, -0.05) is 65.2 Å². The van der Waals surface area contributed by atoms with E-state index in [1.807, 2.05) is 42.5 Å². The summed E-state index contributed by atoms with van der Waals surface area (Å²) >= 11 is 0. The number of urea groups is 1. The first-order valence-electron chi connectivity index (χ1n) is 17.6. The molecule has 0 bridgehead atoms. The van der Waals surface area contributed by atoms with E-state index >= 15 is 0 Å². The molecule has 1 aliphatic carbocycles. The number of aromatic nitrogens is 3. The van der Waals surface area contributed by atoms with E-state index in [4.69, 9.17) is 4.74 Å². The second-order valence-electron chi connectivity index (χ2n) is 13.8. The van der Waals surface area contributed by atoms with Crippen LogP contribution in [-0.2, 0) is 6.42 Å². The van der Waals surface area contributed by atoms with Crippen molar-refractivity contribution >= 4 is 28.4 Å². The zero-order valence-corrected chi connectivity index (χ0v) is 29.0. The summed E-state index contributed by atoms with van der Waals surface area (Å²) in [4.78, 5) is 41.2. The van der Waals surface area contributed by atoms with E-state index in [0.717, 1.165) is 76.9 Å². The minimum atomic E-state index is -0.317. The number of pyridine rings is 3. The first kappa shape index (κ1) is 33.9. The first-order valence-corrected chi connectivity index (χ1v) is 17.6. The molecule has 0 aliphatic heterocycles. The quantitative estimate of drug-likeness (QED) is 0.147. The van der Waals surface area contributed by atoms with Gasteiger partial charge >= 0.3 is 6.03 Å². The third-order valence-electron chi connectivity index (χ3n) is 9.49. The van der Waals surface area contributed by atoms with Crippen LogP contribution in [0.4, 0.5) is 16.2 Å². The predicted molar refractivity (Wildman–Crippen MR) is 199 cm³/mol. The van der Waals surface area contributed by atoms with E-state index < -0.39 is 0 Å². The summed E-state index contributed by atoms with van der Waals surface area (Å²) in [6.07, 6.45) is 9.78. The monoisotopic (exact) mass is 657 g/mol. The van der Waals surface area contributed by atoms with E-state index in [1.54, 1.807) is 23.4 Å². The van der Waals surface area contributed by atoms with Gasteiger partial charge in [0.1, 0.15) is 17.1 Å².